The van der Waals surface area contributed by atoms with E-state index >= 15 is 0 Å². The normalized spacial score (nSPS) is 21.2. The minimum Gasteiger partial charge on any atom is -0.458 e. The SMILES string of the molecule is CC[C@@]1(O)C(=O)OCc2c1cc1n(c2=O)Cc2c-1nc1cc(F)c(Br)c3c1c2[C@@H](NC(=O)CC(C)C)CC3. The number of ether oxygens (including phenoxy) is 1. The largest absolute Gasteiger partial charge is 0.458 e. The Morgan fingerprint density at radius 3 is 2.79 bits per heavy atom. The first kappa shape index (κ1) is 25.2. The quantitative estimate of drug-likeness (QED) is 0.349. The van der Waals surface area contributed by atoms with Crippen molar-refractivity contribution in [2.75, 3.05) is 0 Å². The van der Waals surface area contributed by atoms with Crippen molar-refractivity contribution in [2.45, 2.75) is 71.2 Å². The molecule has 0 saturated carbocycles. The van der Waals surface area contributed by atoms with Crippen LogP contribution in [0.25, 0.3) is 22.3 Å². The minimum absolute atomic E-state index is 0.0392. The summed E-state index contributed by atoms with van der Waals surface area (Å²) in [7, 11) is 0. The van der Waals surface area contributed by atoms with Gasteiger partial charge in [-0.15, -0.1) is 0 Å². The van der Waals surface area contributed by atoms with E-state index in [-0.39, 0.29) is 54.1 Å². The smallest absolute Gasteiger partial charge is 0.343 e. The minimum atomic E-state index is -1.94. The van der Waals surface area contributed by atoms with Crippen LogP contribution in [0.4, 0.5) is 4.39 Å². The molecular weight excluding hydrogens is 557 g/mol. The zero-order chi connectivity index (χ0) is 27.1. The zero-order valence-corrected chi connectivity index (χ0v) is 22.9. The molecule has 10 heteroatoms. The van der Waals surface area contributed by atoms with Crippen molar-refractivity contribution in [1.29, 1.82) is 0 Å². The maximum Gasteiger partial charge on any atom is 0.343 e. The summed E-state index contributed by atoms with van der Waals surface area (Å²) in [6, 6.07) is 2.68. The predicted molar refractivity (Wildman–Crippen MR) is 141 cm³/mol. The molecule has 1 amide bonds. The van der Waals surface area contributed by atoms with Gasteiger partial charge < -0.3 is 19.7 Å². The van der Waals surface area contributed by atoms with E-state index in [0.717, 1.165) is 22.1 Å². The summed E-state index contributed by atoms with van der Waals surface area (Å²) >= 11 is 3.41. The van der Waals surface area contributed by atoms with Crippen LogP contribution >= 0.6 is 15.9 Å². The zero-order valence-electron chi connectivity index (χ0n) is 21.3. The highest BCUT2D eigenvalue weighted by atomic mass is 79.9. The van der Waals surface area contributed by atoms with E-state index in [9.17, 15) is 23.9 Å². The topological polar surface area (TPSA) is 111 Å². The van der Waals surface area contributed by atoms with Crippen molar-refractivity contribution >= 4 is 38.7 Å². The fourth-order valence-electron chi connectivity index (χ4n) is 6.12. The van der Waals surface area contributed by atoms with E-state index in [4.69, 9.17) is 9.72 Å². The van der Waals surface area contributed by atoms with Crippen LogP contribution in [0.2, 0.25) is 0 Å². The number of hydrogen-bond donors (Lipinski definition) is 2. The van der Waals surface area contributed by atoms with Gasteiger partial charge in [-0.05, 0) is 58.3 Å². The van der Waals surface area contributed by atoms with Gasteiger partial charge in [0.2, 0.25) is 5.91 Å². The number of aromatic nitrogens is 2. The van der Waals surface area contributed by atoms with Crippen LogP contribution in [0.15, 0.2) is 21.4 Å². The van der Waals surface area contributed by atoms with Crippen LogP contribution in [0.5, 0.6) is 0 Å². The summed E-state index contributed by atoms with van der Waals surface area (Å²) in [5.41, 5.74) is 1.93. The number of halogens is 2. The molecule has 2 atom stereocenters. The third kappa shape index (κ3) is 3.49. The molecule has 4 heterocycles. The number of fused-ring (bicyclic) bond motifs is 5. The van der Waals surface area contributed by atoms with Gasteiger partial charge in [-0.3, -0.25) is 9.59 Å². The summed E-state index contributed by atoms with van der Waals surface area (Å²) in [5, 5.41) is 15.1. The van der Waals surface area contributed by atoms with Crippen LogP contribution in [0, 0.1) is 11.7 Å². The van der Waals surface area contributed by atoms with E-state index in [0.29, 0.717) is 40.6 Å². The first-order chi connectivity index (χ1) is 18.0. The highest BCUT2D eigenvalue weighted by Gasteiger charge is 2.46. The highest BCUT2D eigenvalue weighted by Crippen LogP contribution is 2.46. The van der Waals surface area contributed by atoms with E-state index in [2.05, 4.69) is 21.2 Å². The maximum atomic E-state index is 14.9. The van der Waals surface area contributed by atoms with Crippen molar-refractivity contribution in [2.24, 2.45) is 5.92 Å². The van der Waals surface area contributed by atoms with Crippen LogP contribution in [0.1, 0.15) is 73.9 Å². The molecule has 2 aromatic heterocycles. The highest BCUT2D eigenvalue weighted by molar-refractivity contribution is 9.10. The number of hydrogen-bond acceptors (Lipinski definition) is 6. The number of nitrogens with zero attached hydrogens (tertiary/aromatic N) is 2. The van der Waals surface area contributed by atoms with Gasteiger partial charge in [-0.1, -0.05) is 20.8 Å². The van der Waals surface area contributed by atoms with Crippen molar-refractivity contribution in [3.05, 3.63) is 60.6 Å². The molecule has 0 bridgehead atoms. The molecule has 3 aliphatic rings. The Morgan fingerprint density at radius 2 is 2.08 bits per heavy atom. The lowest BCUT2D eigenvalue weighted by Gasteiger charge is -2.31. The Balaban J connectivity index is 1.61. The molecule has 8 nitrogen and oxygen atoms in total. The number of rotatable bonds is 4. The molecule has 2 N–H and O–H groups in total. The Bertz CT molecular complexity index is 1630. The monoisotopic (exact) mass is 583 g/mol. The lowest BCUT2D eigenvalue weighted by molar-refractivity contribution is -0.172. The molecule has 0 spiro atoms. The summed E-state index contributed by atoms with van der Waals surface area (Å²) in [4.78, 5) is 43.8. The Morgan fingerprint density at radius 1 is 1.32 bits per heavy atom. The molecule has 1 aliphatic carbocycles. The first-order valence-electron chi connectivity index (χ1n) is 12.8. The Labute approximate surface area is 226 Å². The number of amides is 1. The number of esters is 1. The summed E-state index contributed by atoms with van der Waals surface area (Å²) < 4.78 is 22.0. The van der Waals surface area contributed by atoms with Gasteiger partial charge in [0, 0.05) is 29.0 Å². The molecule has 2 aliphatic heterocycles. The number of aliphatic hydroxyl groups is 1. The number of carbonyl (C=O) groups excluding carboxylic acids is 2. The maximum absolute atomic E-state index is 14.9. The Kier molecular flexibility index (Phi) is 5.77. The van der Waals surface area contributed by atoms with Crippen LogP contribution < -0.4 is 10.9 Å². The molecular formula is C28H27BrFN3O5. The number of pyridine rings is 2. The van der Waals surface area contributed by atoms with Gasteiger partial charge in [-0.25, -0.2) is 14.2 Å². The fourth-order valence-corrected chi connectivity index (χ4v) is 6.63. The second kappa shape index (κ2) is 8.71. The van der Waals surface area contributed by atoms with Crippen LogP contribution in [-0.2, 0) is 39.5 Å². The third-order valence-corrected chi connectivity index (χ3v) is 8.83. The summed E-state index contributed by atoms with van der Waals surface area (Å²) in [6.45, 7) is 5.60. The standard InChI is InChI=1S/C28H27BrFN3O5/c1-4-28(37)16-8-20-25-14(10-33(20)26(35)15(16)11-38-27(28)36)23-18(31-21(34)7-12(2)3)6-5-13-22(23)19(32-25)9-17(30)24(13)29/h8-9,12,18,37H,4-7,10-11H2,1-3H3,(H,31,34)/t18-,28-/m0/s1. The molecule has 0 unspecified atom stereocenters. The third-order valence-electron chi connectivity index (χ3n) is 7.97. The summed E-state index contributed by atoms with van der Waals surface area (Å²) in [5.74, 6) is -1.10. The molecule has 0 saturated heterocycles. The second-order valence-corrected chi connectivity index (χ2v) is 11.6. The summed E-state index contributed by atoms with van der Waals surface area (Å²) in [6.07, 6.45) is 1.55. The molecule has 198 valence electrons. The average Bonchev–Trinajstić information content (AvgIpc) is 3.24. The van der Waals surface area contributed by atoms with Gasteiger partial charge >= 0.3 is 5.97 Å². The van der Waals surface area contributed by atoms with E-state index in [1.807, 2.05) is 13.8 Å². The lowest BCUT2D eigenvalue weighted by Crippen LogP contribution is -2.44. The van der Waals surface area contributed by atoms with Crippen molar-refractivity contribution in [1.82, 2.24) is 14.9 Å². The molecule has 0 radical (unpaired) electrons. The molecule has 1 aromatic carbocycles. The van der Waals surface area contributed by atoms with Crippen molar-refractivity contribution in [3.8, 4) is 11.4 Å². The van der Waals surface area contributed by atoms with Gasteiger partial charge in [0.1, 0.15) is 12.4 Å². The molecule has 0 fully saturated rings. The number of aryl methyl sites for hydroxylation is 1. The van der Waals surface area contributed by atoms with Crippen LogP contribution in [-0.4, -0.2) is 26.5 Å². The number of benzene rings is 1. The van der Waals surface area contributed by atoms with Crippen LogP contribution in [0.3, 0.4) is 0 Å². The van der Waals surface area contributed by atoms with Gasteiger partial charge in [0.15, 0.2) is 5.60 Å². The lowest BCUT2D eigenvalue weighted by atomic mass is 9.83. The van der Waals surface area contributed by atoms with Crippen molar-refractivity contribution in [3.63, 3.8) is 0 Å². The van der Waals surface area contributed by atoms with Crippen molar-refractivity contribution < 1.29 is 23.8 Å². The van der Waals surface area contributed by atoms with Gasteiger partial charge in [0.25, 0.3) is 5.56 Å². The van der Waals surface area contributed by atoms with Gasteiger partial charge in [-0.2, -0.15) is 0 Å². The Hall–Kier alpha value is -3.11. The predicted octanol–water partition coefficient (Wildman–Crippen LogP) is 4.13. The number of carbonyl (C=O) groups is 2. The molecule has 38 heavy (non-hydrogen) atoms. The van der Waals surface area contributed by atoms with E-state index in [1.54, 1.807) is 17.6 Å². The average molecular weight is 584 g/mol. The molecule has 6 rings (SSSR count). The van der Waals surface area contributed by atoms with Gasteiger partial charge in [0.05, 0.1) is 39.5 Å². The number of cyclic esters (lactones) is 1. The van der Waals surface area contributed by atoms with E-state index < -0.39 is 17.4 Å². The molecule has 3 aromatic rings. The second-order valence-electron chi connectivity index (χ2n) is 10.8. The first-order valence-corrected chi connectivity index (χ1v) is 13.6. The van der Waals surface area contributed by atoms with E-state index in [1.165, 1.54) is 6.07 Å². The fraction of sp³-hybridized carbons (Fsp3) is 0.429. The number of nitrogens with one attached hydrogen (secondary N) is 1.